The summed E-state index contributed by atoms with van der Waals surface area (Å²) < 4.78 is 2.07. The van der Waals surface area contributed by atoms with Gasteiger partial charge in [0, 0.05) is 36.6 Å². The number of nitro benzene ring substituents is 1. The normalized spacial score (nSPS) is 12.3. The van der Waals surface area contributed by atoms with E-state index in [0.717, 1.165) is 12.1 Å². The number of benzene rings is 1. The molecule has 0 aliphatic carbocycles. The van der Waals surface area contributed by atoms with Crippen molar-refractivity contribution in [2.75, 3.05) is 7.05 Å². The standard InChI is InChI=1S/C15H19N3O2/c1-12(16-2)14-8-10-17(11-14)9-7-13-5-3-4-6-15(13)18(19)20/h3-6,8,10-12,16H,7,9H2,1-2H3. The number of para-hydroxylation sites is 1. The van der Waals surface area contributed by atoms with Gasteiger partial charge in [-0.2, -0.15) is 0 Å². The Hall–Kier alpha value is -2.14. The van der Waals surface area contributed by atoms with Gasteiger partial charge in [-0.3, -0.25) is 10.1 Å². The third-order valence-electron chi connectivity index (χ3n) is 3.53. The average Bonchev–Trinajstić information content (AvgIpc) is 2.93. The molecule has 5 heteroatoms. The summed E-state index contributed by atoms with van der Waals surface area (Å²) in [5, 5.41) is 14.1. The molecule has 1 unspecified atom stereocenters. The maximum Gasteiger partial charge on any atom is 0.272 e. The molecule has 1 aromatic heterocycles. The van der Waals surface area contributed by atoms with Crippen LogP contribution in [-0.2, 0) is 13.0 Å². The fourth-order valence-corrected chi connectivity index (χ4v) is 2.17. The second-order valence-electron chi connectivity index (χ2n) is 4.83. The molecule has 0 saturated heterocycles. The summed E-state index contributed by atoms with van der Waals surface area (Å²) >= 11 is 0. The number of hydrogen-bond acceptors (Lipinski definition) is 3. The van der Waals surface area contributed by atoms with E-state index in [4.69, 9.17) is 0 Å². The molecule has 0 aliphatic rings. The maximum absolute atomic E-state index is 11.0. The van der Waals surface area contributed by atoms with Crippen LogP contribution in [0.25, 0.3) is 0 Å². The molecule has 2 rings (SSSR count). The zero-order chi connectivity index (χ0) is 14.5. The van der Waals surface area contributed by atoms with E-state index >= 15 is 0 Å². The van der Waals surface area contributed by atoms with Crippen LogP contribution < -0.4 is 5.32 Å². The Kier molecular flexibility index (Phi) is 4.53. The Morgan fingerprint density at radius 2 is 2.10 bits per heavy atom. The van der Waals surface area contributed by atoms with E-state index in [0.29, 0.717) is 12.5 Å². The van der Waals surface area contributed by atoms with Gasteiger partial charge in [0.1, 0.15) is 0 Å². The maximum atomic E-state index is 11.0. The molecule has 1 heterocycles. The summed E-state index contributed by atoms with van der Waals surface area (Å²) in [7, 11) is 1.93. The monoisotopic (exact) mass is 273 g/mol. The van der Waals surface area contributed by atoms with Crippen molar-refractivity contribution in [1.82, 2.24) is 9.88 Å². The van der Waals surface area contributed by atoms with Crippen LogP contribution in [0.5, 0.6) is 0 Å². The summed E-state index contributed by atoms with van der Waals surface area (Å²) in [6.45, 7) is 2.84. The van der Waals surface area contributed by atoms with E-state index in [1.807, 2.05) is 25.4 Å². The first-order valence-corrected chi connectivity index (χ1v) is 6.67. The molecule has 1 atom stereocenters. The molecule has 1 N–H and O–H groups in total. The number of rotatable bonds is 6. The largest absolute Gasteiger partial charge is 0.354 e. The lowest BCUT2D eigenvalue weighted by Gasteiger charge is -2.07. The van der Waals surface area contributed by atoms with Crippen molar-refractivity contribution in [3.05, 3.63) is 64.0 Å². The Labute approximate surface area is 118 Å². The van der Waals surface area contributed by atoms with E-state index < -0.39 is 0 Å². The third-order valence-corrected chi connectivity index (χ3v) is 3.53. The zero-order valence-corrected chi connectivity index (χ0v) is 11.7. The molecule has 0 aliphatic heterocycles. The van der Waals surface area contributed by atoms with E-state index in [2.05, 4.69) is 29.1 Å². The molecule has 5 nitrogen and oxygen atoms in total. The summed E-state index contributed by atoms with van der Waals surface area (Å²) in [6, 6.07) is 9.29. The van der Waals surface area contributed by atoms with Gasteiger partial charge in [0.05, 0.1) is 4.92 Å². The predicted molar refractivity (Wildman–Crippen MR) is 78.7 cm³/mol. The molecule has 0 radical (unpaired) electrons. The highest BCUT2D eigenvalue weighted by molar-refractivity contribution is 5.39. The number of nitrogens with zero attached hydrogens (tertiary/aromatic N) is 2. The van der Waals surface area contributed by atoms with Crippen LogP contribution >= 0.6 is 0 Å². The van der Waals surface area contributed by atoms with Gasteiger partial charge >= 0.3 is 0 Å². The van der Waals surface area contributed by atoms with Crippen LogP contribution in [0.1, 0.15) is 24.1 Å². The molecule has 0 bridgehead atoms. The molecular weight excluding hydrogens is 254 g/mol. The number of aromatic nitrogens is 1. The Morgan fingerprint density at radius 3 is 2.80 bits per heavy atom. The molecular formula is C15H19N3O2. The Morgan fingerprint density at radius 1 is 1.35 bits per heavy atom. The summed E-state index contributed by atoms with van der Waals surface area (Å²) in [6.07, 6.45) is 4.74. The minimum atomic E-state index is -0.320. The second-order valence-corrected chi connectivity index (χ2v) is 4.83. The van der Waals surface area contributed by atoms with E-state index in [-0.39, 0.29) is 10.6 Å². The highest BCUT2D eigenvalue weighted by atomic mass is 16.6. The van der Waals surface area contributed by atoms with Crippen molar-refractivity contribution in [3.63, 3.8) is 0 Å². The van der Waals surface area contributed by atoms with E-state index in [9.17, 15) is 10.1 Å². The fraction of sp³-hybridized carbons (Fsp3) is 0.333. The number of nitro groups is 1. The topological polar surface area (TPSA) is 60.1 Å². The van der Waals surface area contributed by atoms with Gasteiger partial charge in [-0.25, -0.2) is 0 Å². The quantitative estimate of drug-likeness (QED) is 0.650. The van der Waals surface area contributed by atoms with Gasteiger partial charge in [0.25, 0.3) is 5.69 Å². The first kappa shape index (κ1) is 14.3. The molecule has 0 saturated carbocycles. The predicted octanol–water partition coefficient (Wildman–Crippen LogP) is 2.92. The van der Waals surface area contributed by atoms with Crippen LogP contribution in [-0.4, -0.2) is 16.5 Å². The summed E-state index contributed by atoms with van der Waals surface area (Å²) in [5.41, 5.74) is 2.19. The molecule has 1 aromatic carbocycles. The minimum Gasteiger partial charge on any atom is -0.354 e. The highest BCUT2D eigenvalue weighted by Gasteiger charge is 2.12. The summed E-state index contributed by atoms with van der Waals surface area (Å²) in [5.74, 6) is 0. The average molecular weight is 273 g/mol. The van der Waals surface area contributed by atoms with Gasteiger partial charge < -0.3 is 9.88 Å². The number of aryl methyl sites for hydroxylation is 2. The van der Waals surface area contributed by atoms with Crippen LogP contribution in [0.15, 0.2) is 42.7 Å². The molecule has 20 heavy (non-hydrogen) atoms. The van der Waals surface area contributed by atoms with Crippen molar-refractivity contribution < 1.29 is 4.92 Å². The van der Waals surface area contributed by atoms with Crippen LogP contribution in [0.4, 0.5) is 5.69 Å². The number of nitrogens with one attached hydrogen (secondary N) is 1. The van der Waals surface area contributed by atoms with E-state index in [1.165, 1.54) is 5.56 Å². The van der Waals surface area contributed by atoms with Crippen molar-refractivity contribution >= 4 is 5.69 Å². The van der Waals surface area contributed by atoms with Gasteiger partial charge in [0.15, 0.2) is 0 Å². The molecule has 2 aromatic rings. The fourth-order valence-electron chi connectivity index (χ4n) is 2.17. The lowest BCUT2D eigenvalue weighted by atomic mass is 10.1. The second kappa shape index (κ2) is 6.34. The van der Waals surface area contributed by atoms with E-state index in [1.54, 1.807) is 12.1 Å². The summed E-state index contributed by atoms with van der Waals surface area (Å²) in [4.78, 5) is 10.6. The molecule has 0 spiro atoms. The zero-order valence-electron chi connectivity index (χ0n) is 11.7. The van der Waals surface area contributed by atoms with Gasteiger partial charge in [-0.05, 0) is 32.0 Å². The van der Waals surface area contributed by atoms with Crippen LogP contribution in [0, 0.1) is 10.1 Å². The number of hydrogen-bond donors (Lipinski definition) is 1. The lowest BCUT2D eigenvalue weighted by Crippen LogP contribution is -2.11. The molecule has 0 fully saturated rings. The van der Waals surface area contributed by atoms with Crippen molar-refractivity contribution in [3.8, 4) is 0 Å². The Bertz CT molecular complexity index is 592. The molecule has 0 amide bonds. The molecule has 106 valence electrons. The SMILES string of the molecule is CNC(C)c1ccn(CCc2ccccc2[N+](=O)[O-])c1. The van der Waals surface area contributed by atoms with Crippen molar-refractivity contribution in [1.29, 1.82) is 0 Å². The van der Waals surface area contributed by atoms with Gasteiger partial charge in [0.2, 0.25) is 0 Å². The first-order valence-electron chi connectivity index (χ1n) is 6.67. The van der Waals surface area contributed by atoms with Crippen molar-refractivity contribution in [2.45, 2.75) is 25.9 Å². The first-order chi connectivity index (χ1) is 9.61. The van der Waals surface area contributed by atoms with Gasteiger partial charge in [-0.15, -0.1) is 0 Å². The van der Waals surface area contributed by atoms with Crippen molar-refractivity contribution in [2.24, 2.45) is 0 Å². The van der Waals surface area contributed by atoms with Crippen LogP contribution in [0.2, 0.25) is 0 Å². The van der Waals surface area contributed by atoms with Gasteiger partial charge in [-0.1, -0.05) is 18.2 Å². The lowest BCUT2D eigenvalue weighted by molar-refractivity contribution is -0.385. The Balaban J connectivity index is 2.06. The smallest absolute Gasteiger partial charge is 0.272 e. The van der Waals surface area contributed by atoms with Crippen LogP contribution in [0.3, 0.4) is 0 Å². The minimum absolute atomic E-state index is 0.198. The highest BCUT2D eigenvalue weighted by Crippen LogP contribution is 2.19. The third kappa shape index (κ3) is 3.24.